The van der Waals surface area contributed by atoms with Gasteiger partial charge in [-0.2, -0.15) is 0 Å². The zero-order chi connectivity index (χ0) is 30.6. The summed E-state index contributed by atoms with van der Waals surface area (Å²) in [6.45, 7) is 6.99. The number of phenols is 1. The Bertz CT molecular complexity index is 1570. The summed E-state index contributed by atoms with van der Waals surface area (Å²) in [7, 11) is 1.65. The van der Waals surface area contributed by atoms with Crippen LogP contribution in [0.2, 0.25) is 0 Å². The van der Waals surface area contributed by atoms with E-state index in [1.807, 2.05) is 17.5 Å². The van der Waals surface area contributed by atoms with Crippen LogP contribution in [0.1, 0.15) is 54.7 Å². The highest BCUT2D eigenvalue weighted by atomic mass is 79.9. The Kier molecular flexibility index (Phi) is 8.04. The van der Waals surface area contributed by atoms with Crippen molar-refractivity contribution in [1.82, 2.24) is 9.80 Å². The van der Waals surface area contributed by atoms with Gasteiger partial charge in [0.2, 0.25) is 5.91 Å². The number of likely N-dealkylation sites (tertiary alicyclic amines) is 1. The van der Waals surface area contributed by atoms with Gasteiger partial charge in [0.15, 0.2) is 11.5 Å². The molecule has 1 spiro atoms. The molecule has 6 nitrogen and oxygen atoms in total. The van der Waals surface area contributed by atoms with E-state index in [-0.39, 0.29) is 23.5 Å². The topological polar surface area (TPSA) is 62.2 Å². The molecule has 0 radical (unpaired) electrons. The van der Waals surface area contributed by atoms with Crippen LogP contribution in [-0.2, 0) is 23.1 Å². The highest BCUT2D eigenvalue weighted by Crippen LogP contribution is 2.65. The third-order valence-corrected chi connectivity index (χ3v) is 12.1. The first-order valence-electron chi connectivity index (χ1n) is 15.9. The van der Waals surface area contributed by atoms with E-state index < -0.39 is 0 Å². The third kappa shape index (κ3) is 4.97. The monoisotopic (exact) mass is 676 g/mol. The Balaban J connectivity index is 1.26. The number of halogens is 1. The SMILES string of the molecule is COc1cc(O)c2c3c1O[C@H]1[C@@H](N(CC(C)C)C(=O)/C=C/c4cc(Br)cs4)CC[C@H]4[C@@H](C2)N(CCc2ccccc2)CC[C@@]341. The molecule has 44 heavy (non-hydrogen) atoms. The van der Waals surface area contributed by atoms with E-state index in [0.29, 0.717) is 35.9 Å². The Morgan fingerprint density at radius 1 is 1.27 bits per heavy atom. The zero-order valence-electron chi connectivity index (χ0n) is 25.7. The van der Waals surface area contributed by atoms with Crippen LogP contribution >= 0.6 is 27.3 Å². The molecule has 7 rings (SSSR count). The summed E-state index contributed by atoms with van der Waals surface area (Å²) in [5.41, 5.74) is 3.27. The van der Waals surface area contributed by atoms with Crippen molar-refractivity contribution in [2.24, 2.45) is 11.8 Å². The lowest BCUT2D eigenvalue weighted by Gasteiger charge is -2.60. The zero-order valence-corrected chi connectivity index (χ0v) is 28.1. The van der Waals surface area contributed by atoms with Crippen molar-refractivity contribution in [3.8, 4) is 17.2 Å². The molecule has 2 aliphatic carbocycles. The molecule has 1 amide bonds. The number of hydrogen-bond donors (Lipinski definition) is 1. The van der Waals surface area contributed by atoms with Crippen molar-refractivity contribution in [3.63, 3.8) is 0 Å². The van der Waals surface area contributed by atoms with Crippen molar-refractivity contribution < 1.29 is 19.4 Å². The Hall–Kier alpha value is -2.81. The van der Waals surface area contributed by atoms with E-state index in [9.17, 15) is 9.90 Å². The molecule has 2 aromatic carbocycles. The molecule has 2 fully saturated rings. The molecule has 4 aliphatic rings. The smallest absolute Gasteiger partial charge is 0.246 e. The highest BCUT2D eigenvalue weighted by molar-refractivity contribution is 9.10. The van der Waals surface area contributed by atoms with Crippen LogP contribution in [0.4, 0.5) is 0 Å². The maximum absolute atomic E-state index is 14.0. The second kappa shape index (κ2) is 11.8. The van der Waals surface area contributed by atoms with Gasteiger partial charge < -0.3 is 19.5 Å². The number of carbonyl (C=O) groups excluding carboxylic acids is 1. The maximum atomic E-state index is 14.0. The molecule has 2 bridgehead atoms. The van der Waals surface area contributed by atoms with Gasteiger partial charge in [0.25, 0.3) is 0 Å². The summed E-state index contributed by atoms with van der Waals surface area (Å²) in [6.07, 6.45) is 8.17. The molecule has 232 valence electrons. The molecular weight excluding hydrogens is 636 g/mol. The minimum Gasteiger partial charge on any atom is -0.508 e. The van der Waals surface area contributed by atoms with Crippen molar-refractivity contribution >= 4 is 39.2 Å². The lowest BCUT2D eigenvalue weighted by molar-refractivity contribution is -0.138. The summed E-state index contributed by atoms with van der Waals surface area (Å²) in [4.78, 5) is 19.8. The van der Waals surface area contributed by atoms with Crippen molar-refractivity contribution in [2.45, 2.75) is 69.6 Å². The predicted molar refractivity (Wildman–Crippen MR) is 179 cm³/mol. The van der Waals surface area contributed by atoms with E-state index in [2.05, 4.69) is 69.9 Å². The minimum atomic E-state index is -0.260. The number of hydrogen-bond acceptors (Lipinski definition) is 6. The molecule has 1 saturated carbocycles. The molecule has 8 heteroatoms. The number of nitrogens with zero attached hydrogens (tertiary/aromatic N) is 2. The number of thiophene rings is 1. The Labute approximate surface area is 272 Å². The number of rotatable bonds is 9. The fourth-order valence-electron chi connectivity index (χ4n) is 8.76. The highest BCUT2D eigenvalue weighted by Gasteiger charge is 2.67. The molecule has 1 aromatic heterocycles. The van der Waals surface area contributed by atoms with E-state index in [0.717, 1.165) is 71.4 Å². The number of ether oxygens (including phenoxy) is 2. The molecular formula is C36H41BrN2O4S. The number of aromatic hydroxyl groups is 1. The van der Waals surface area contributed by atoms with Crippen LogP contribution in [-0.4, -0.2) is 65.7 Å². The van der Waals surface area contributed by atoms with Gasteiger partial charge in [-0.05, 0) is 84.1 Å². The number of piperidine rings is 1. The molecule has 2 aliphatic heterocycles. The first-order valence-corrected chi connectivity index (χ1v) is 17.6. The average molecular weight is 678 g/mol. The summed E-state index contributed by atoms with van der Waals surface area (Å²) in [6, 6.07) is 14.8. The van der Waals surface area contributed by atoms with Crippen LogP contribution in [0.25, 0.3) is 6.08 Å². The standard InChI is InChI=1S/C36H41BrN2O4S/c1-22(2)20-39(32(41)12-9-25-17-24(37)21-44-25)28-11-10-27-29-18-26-30(40)19-31(42-3)34-33(26)36(27,35(28)43-34)14-16-38(29)15-13-23-7-5-4-6-8-23/h4-9,12,17,19,21-22,27-29,35,40H,10-11,13-16,18,20H2,1-3H3/b12-9+/t27-,28-,29+,35-,36-/m0/s1. The number of carbonyl (C=O) groups is 1. The Morgan fingerprint density at radius 2 is 2.09 bits per heavy atom. The van der Waals surface area contributed by atoms with Gasteiger partial charge in [-0.15, -0.1) is 11.3 Å². The van der Waals surface area contributed by atoms with Crippen LogP contribution in [0.3, 0.4) is 0 Å². The van der Waals surface area contributed by atoms with E-state index in [1.54, 1.807) is 30.6 Å². The fourth-order valence-corrected chi connectivity index (χ4v) is 10.1. The van der Waals surface area contributed by atoms with Gasteiger partial charge in [0, 0.05) is 62.5 Å². The first kappa shape index (κ1) is 29.9. The largest absolute Gasteiger partial charge is 0.508 e. The van der Waals surface area contributed by atoms with Crippen molar-refractivity contribution in [3.05, 3.63) is 80.0 Å². The number of methoxy groups -OCH3 is 1. The second-order valence-electron chi connectivity index (χ2n) is 13.3. The quantitative estimate of drug-likeness (QED) is 0.246. The molecule has 5 atom stereocenters. The third-order valence-electron chi connectivity index (χ3n) is 10.5. The van der Waals surface area contributed by atoms with Gasteiger partial charge in [0.1, 0.15) is 11.9 Å². The number of benzene rings is 2. The van der Waals surface area contributed by atoms with Crippen LogP contribution < -0.4 is 9.47 Å². The molecule has 3 aromatic rings. The van der Waals surface area contributed by atoms with E-state index >= 15 is 0 Å². The van der Waals surface area contributed by atoms with Gasteiger partial charge in [0.05, 0.1) is 13.2 Å². The van der Waals surface area contributed by atoms with Crippen LogP contribution in [0, 0.1) is 11.8 Å². The normalized spacial score (nSPS) is 26.9. The number of phenolic OH excluding ortho intramolecular Hbond substituents is 1. The van der Waals surface area contributed by atoms with Crippen LogP contribution in [0.15, 0.2) is 58.4 Å². The number of amides is 1. The summed E-state index contributed by atoms with van der Waals surface area (Å²) < 4.78 is 13.9. The molecule has 0 unspecified atom stereocenters. The fraction of sp³-hybridized carbons (Fsp3) is 0.472. The maximum Gasteiger partial charge on any atom is 0.246 e. The minimum absolute atomic E-state index is 0.0327. The van der Waals surface area contributed by atoms with Crippen molar-refractivity contribution in [1.29, 1.82) is 0 Å². The lowest BCUT2D eigenvalue weighted by Crippen LogP contribution is -2.69. The van der Waals surface area contributed by atoms with E-state index in [1.165, 1.54) is 5.56 Å². The summed E-state index contributed by atoms with van der Waals surface area (Å²) >= 11 is 5.14. The van der Waals surface area contributed by atoms with Gasteiger partial charge >= 0.3 is 0 Å². The average Bonchev–Trinajstić information content (AvgIpc) is 3.59. The summed E-state index contributed by atoms with van der Waals surface area (Å²) in [5, 5.41) is 13.4. The summed E-state index contributed by atoms with van der Waals surface area (Å²) in [5.74, 6) is 2.43. The first-order chi connectivity index (χ1) is 21.3. The molecule has 1 N–H and O–H groups in total. The van der Waals surface area contributed by atoms with Gasteiger partial charge in [-0.25, -0.2) is 0 Å². The second-order valence-corrected chi connectivity index (χ2v) is 15.1. The van der Waals surface area contributed by atoms with Gasteiger partial charge in [-0.1, -0.05) is 44.2 Å². The molecule has 1 saturated heterocycles. The van der Waals surface area contributed by atoms with Crippen molar-refractivity contribution in [2.75, 3.05) is 26.7 Å². The Morgan fingerprint density at radius 3 is 2.82 bits per heavy atom. The van der Waals surface area contributed by atoms with Gasteiger partial charge in [-0.3, -0.25) is 9.69 Å². The van der Waals surface area contributed by atoms with Crippen LogP contribution in [0.5, 0.6) is 17.2 Å². The van der Waals surface area contributed by atoms with E-state index in [4.69, 9.17) is 9.47 Å². The molecule has 3 heterocycles. The predicted octanol–water partition coefficient (Wildman–Crippen LogP) is 7.07. The lowest BCUT2D eigenvalue weighted by atomic mass is 9.50.